The fraction of sp³-hybridized carbons (Fsp3) is 0.643. The van der Waals surface area contributed by atoms with Crippen molar-refractivity contribution in [2.45, 2.75) is 44.8 Å². The van der Waals surface area contributed by atoms with Crippen molar-refractivity contribution in [1.29, 1.82) is 0 Å². The van der Waals surface area contributed by atoms with Crippen LogP contribution in [-0.2, 0) is 6.18 Å². The minimum Gasteiger partial charge on any atom is -0.271 e. The molecule has 2 rings (SSSR count). The summed E-state index contributed by atoms with van der Waals surface area (Å²) < 4.78 is 39.2. The zero-order valence-electron chi connectivity index (χ0n) is 11.5. The van der Waals surface area contributed by atoms with Gasteiger partial charge in [0.15, 0.2) is 0 Å². The SMILES string of the molecule is CCC1CCC(C(NN)c2cnccc2C(F)(F)F)C1. The normalized spacial score (nSPS) is 24.9. The van der Waals surface area contributed by atoms with Gasteiger partial charge in [-0.1, -0.05) is 19.8 Å². The molecule has 3 nitrogen and oxygen atoms in total. The summed E-state index contributed by atoms with van der Waals surface area (Å²) in [4.78, 5) is 3.84. The van der Waals surface area contributed by atoms with Gasteiger partial charge in [-0.15, -0.1) is 0 Å². The Balaban J connectivity index is 2.29. The number of rotatable bonds is 4. The number of aromatic nitrogens is 1. The number of pyridine rings is 1. The van der Waals surface area contributed by atoms with E-state index in [1.165, 1.54) is 12.4 Å². The van der Waals surface area contributed by atoms with Crippen molar-refractivity contribution in [1.82, 2.24) is 10.4 Å². The van der Waals surface area contributed by atoms with Crippen molar-refractivity contribution in [2.24, 2.45) is 17.7 Å². The van der Waals surface area contributed by atoms with Crippen LogP contribution in [0.2, 0.25) is 0 Å². The molecule has 1 aliphatic carbocycles. The number of halogens is 3. The molecule has 0 aliphatic heterocycles. The van der Waals surface area contributed by atoms with Crippen molar-refractivity contribution >= 4 is 0 Å². The second kappa shape index (κ2) is 6.10. The smallest absolute Gasteiger partial charge is 0.271 e. The lowest BCUT2D eigenvalue weighted by Gasteiger charge is -2.26. The monoisotopic (exact) mass is 287 g/mol. The minimum absolute atomic E-state index is 0.134. The summed E-state index contributed by atoms with van der Waals surface area (Å²) in [5, 5.41) is 0. The van der Waals surface area contributed by atoms with E-state index in [4.69, 9.17) is 5.84 Å². The molecule has 1 aromatic heterocycles. The van der Waals surface area contributed by atoms with Crippen LogP contribution in [0.1, 0.15) is 49.8 Å². The number of nitrogens with two attached hydrogens (primary N) is 1. The molecule has 3 atom stereocenters. The van der Waals surface area contributed by atoms with Crippen LogP contribution in [0.5, 0.6) is 0 Å². The average Bonchev–Trinajstić information content (AvgIpc) is 2.88. The van der Waals surface area contributed by atoms with Crippen LogP contribution < -0.4 is 11.3 Å². The highest BCUT2D eigenvalue weighted by Gasteiger charge is 2.38. The maximum Gasteiger partial charge on any atom is 0.416 e. The molecule has 3 N–H and O–H groups in total. The lowest BCUT2D eigenvalue weighted by atomic mass is 9.89. The van der Waals surface area contributed by atoms with E-state index in [0.29, 0.717) is 5.92 Å². The molecule has 20 heavy (non-hydrogen) atoms. The summed E-state index contributed by atoms with van der Waals surface area (Å²) in [7, 11) is 0. The zero-order chi connectivity index (χ0) is 14.8. The molecule has 1 aliphatic rings. The first-order valence-corrected chi connectivity index (χ1v) is 6.94. The number of nitrogens with zero attached hydrogens (tertiary/aromatic N) is 1. The highest BCUT2D eigenvalue weighted by atomic mass is 19.4. The van der Waals surface area contributed by atoms with Crippen LogP contribution in [0.3, 0.4) is 0 Å². The predicted molar refractivity (Wildman–Crippen MR) is 70.4 cm³/mol. The topological polar surface area (TPSA) is 50.9 Å². The van der Waals surface area contributed by atoms with E-state index >= 15 is 0 Å². The molecular formula is C14H20F3N3. The van der Waals surface area contributed by atoms with Crippen LogP contribution >= 0.6 is 0 Å². The molecule has 1 saturated carbocycles. The summed E-state index contributed by atoms with van der Waals surface area (Å²) in [5.74, 6) is 6.26. The molecule has 1 aromatic rings. The summed E-state index contributed by atoms with van der Waals surface area (Å²) in [6, 6.07) is 0.531. The van der Waals surface area contributed by atoms with Gasteiger partial charge in [0.1, 0.15) is 0 Å². The average molecular weight is 287 g/mol. The van der Waals surface area contributed by atoms with Gasteiger partial charge < -0.3 is 0 Å². The number of nitrogens with one attached hydrogen (secondary N) is 1. The summed E-state index contributed by atoms with van der Waals surface area (Å²) in [5.41, 5.74) is 2.09. The van der Waals surface area contributed by atoms with Gasteiger partial charge in [-0.05, 0) is 30.7 Å². The molecule has 0 amide bonds. The zero-order valence-corrected chi connectivity index (χ0v) is 11.5. The van der Waals surface area contributed by atoms with Gasteiger partial charge in [-0.3, -0.25) is 16.3 Å². The third-order valence-corrected chi connectivity index (χ3v) is 4.30. The highest BCUT2D eigenvalue weighted by molar-refractivity contribution is 5.30. The maximum atomic E-state index is 13.1. The van der Waals surface area contributed by atoms with Gasteiger partial charge in [0.25, 0.3) is 0 Å². The van der Waals surface area contributed by atoms with Crippen LogP contribution in [0.25, 0.3) is 0 Å². The molecule has 0 radical (unpaired) electrons. The Morgan fingerprint density at radius 3 is 2.75 bits per heavy atom. The molecule has 0 aromatic carbocycles. The quantitative estimate of drug-likeness (QED) is 0.659. The Morgan fingerprint density at radius 2 is 2.20 bits per heavy atom. The van der Waals surface area contributed by atoms with Crippen LogP contribution in [0.15, 0.2) is 18.5 Å². The fourth-order valence-corrected chi connectivity index (χ4v) is 3.18. The second-order valence-electron chi connectivity index (χ2n) is 5.45. The molecule has 0 bridgehead atoms. The summed E-state index contributed by atoms with van der Waals surface area (Å²) in [6.07, 6.45) is 2.01. The van der Waals surface area contributed by atoms with Crippen LogP contribution in [0.4, 0.5) is 13.2 Å². The molecule has 6 heteroatoms. The standard InChI is InChI=1S/C14H20F3N3/c1-2-9-3-4-10(7-9)13(20-18)11-8-19-6-5-12(11)14(15,16)17/h5-6,8-10,13,20H,2-4,7,18H2,1H3. The van der Waals surface area contributed by atoms with E-state index in [-0.39, 0.29) is 11.5 Å². The Hall–Kier alpha value is -1.14. The summed E-state index contributed by atoms with van der Waals surface area (Å²) in [6.45, 7) is 2.11. The first-order chi connectivity index (χ1) is 9.47. The van der Waals surface area contributed by atoms with E-state index < -0.39 is 17.8 Å². The van der Waals surface area contributed by atoms with Gasteiger partial charge >= 0.3 is 6.18 Å². The molecule has 112 valence electrons. The van der Waals surface area contributed by atoms with Gasteiger partial charge in [-0.25, -0.2) is 0 Å². The van der Waals surface area contributed by atoms with Crippen molar-refractivity contribution in [2.75, 3.05) is 0 Å². The van der Waals surface area contributed by atoms with Crippen molar-refractivity contribution < 1.29 is 13.2 Å². The van der Waals surface area contributed by atoms with Gasteiger partial charge in [-0.2, -0.15) is 13.2 Å². The van der Waals surface area contributed by atoms with E-state index in [1.54, 1.807) is 0 Å². The summed E-state index contributed by atoms with van der Waals surface area (Å²) >= 11 is 0. The van der Waals surface area contributed by atoms with E-state index in [9.17, 15) is 13.2 Å². The third kappa shape index (κ3) is 3.12. The highest BCUT2D eigenvalue weighted by Crippen LogP contribution is 2.43. The first-order valence-electron chi connectivity index (χ1n) is 6.94. The number of hydrogen-bond donors (Lipinski definition) is 2. The van der Waals surface area contributed by atoms with E-state index in [0.717, 1.165) is 31.7 Å². The van der Waals surface area contributed by atoms with Gasteiger partial charge in [0, 0.05) is 18.0 Å². The molecule has 1 fully saturated rings. The lowest BCUT2D eigenvalue weighted by molar-refractivity contribution is -0.138. The minimum atomic E-state index is -4.38. The Kier molecular flexibility index (Phi) is 4.65. The number of alkyl halides is 3. The van der Waals surface area contributed by atoms with E-state index in [1.807, 2.05) is 0 Å². The third-order valence-electron chi connectivity index (χ3n) is 4.30. The second-order valence-corrected chi connectivity index (χ2v) is 5.45. The molecule has 1 heterocycles. The van der Waals surface area contributed by atoms with Crippen molar-refractivity contribution in [3.8, 4) is 0 Å². The fourth-order valence-electron chi connectivity index (χ4n) is 3.18. The Labute approximate surface area is 116 Å². The molecule has 0 saturated heterocycles. The van der Waals surface area contributed by atoms with Crippen LogP contribution in [0, 0.1) is 11.8 Å². The van der Waals surface area contributed by atoms with Crippen LogP contribution in [-0.4, -0.2) is 4.98 Å². The van der Waals surface area contributed by atoms with Crippen molar-refractivity contribution in [3.63, 3.8) is 0 Å². The van der Waals surface area contributed by atoms with Crippen molar-refractivity contribution in [3.05, 3.63) is 29.6 Å². The van der Waals surface area contributed by atoms with Gasteiger partial charge in [0.05, 0.1) is 11.6 Å². The molecular weight excluding hydrogens is 267 g/mol. The number of hydrogen-bond acceptors (Lipinski definition) is 3. The first kappa shape index (κ1) is 15.3. The Morgan fingerprint density at radius 1 is 1.45 bits per heavy atom. The predicted octanol–water partition coefficient (Wildman–Crippen LogP) is 3.43. The largest absolute Gasteiger partial charge is 0.416 e. The maximum absolute atomic E-state index is 13.1. The lowest BCUT2D eigenvalue weighted by Crippen LogP contribution is -2.34. The van der Waals surface area contributed by atoms with Gasteiger partial charge in [0.2, 0.25) is 0 Å². The molecule has 3 unspecified atom stereocenters. The molecule has 0 spiro atoms. The number of hydrazine groups is 1. The Bertz CT molecular complexity index is 448. The van der Waals surface area contributed by atoms with E-state index in [2.05, 4.69) is 17.3 Å².